The van der Waals surface area contributed by atoms with Gasteiger partial charge in [-0.2, -0.15) is 5.10 Å². The van der Waals surface area contributed by atoms with Gasteiger partial charge in [-0.25, -0.2) is 4.68 Å². The van der Waals surface area contributed by atoms with E-state index in [-0.39, 0.29) is 0 Å². The Hall–Kier alpha value is -2.11. The van der Waals surface area contributed by atoms with Crippen LogP contribution >= 0.6 is 15.9 Å². The molecule has 1 atom stereocenters. The van der Waals surface area contributed by atoms with E-state index in [0.717, 1.165) is 36.2 Å². The zero-order valence-electron chi connectivity index (χ0n) is 15.9. The number of hydrogen-bond donors (Lipinski definition) is 1. The van der Waals surface area contributed by atoms with Crippen LogP contribution in [0.2, 0.25) is 0 Å². The number of fused-ring (bicyclic) bond motifs is 1. The minimum Gasteiger partial charge on any atom is -0.369 e. The normalized spacial score (nSPS) is 19.4. The number of nitrogens with zero attached hydrogens (tertiary/aromatic N) is 3. The molecule has 2 aliphatic heterocycles. The van der Waals surface area contributed by atoms with Crippen LogP contribution < -0.4 is 5.32 Å². The van der Waals surface area contributed by atoms with Gasteiger partial charge in [-0.1, -0.05) is 52.7 Å². The number of aromatic nitrogens is 2. The van der Waals surface area contributed by atoms with Crippen molar-refractivity contribution >= 4 is 21.7 Å². The predicted octanol–water partition coefficient (Wildman–Crippen LogP) is 5.33. The molecule has 144 valence electrons. The van der Waals surface area contributed by atoms with E-state index in [0.29, 0.717) is 6.04 Å². The largest absolute Gasteiger partial charge is 0.369 e. The van der Waals surface area contributed by atoms with E-state index >= 15 is 0 Å². The number of anilines is 1. The van der Waals surface area contributed by atoms with E-state index in [4.69, 9.17) is 5.10 Å². The van der Waals surface area contributed by atoms with Gasteiger partial charge in [0.15, 0.2) is 0 Å². The average molecular weight is 437 g/mol. The molecule has 1 N–H and O–H groups in total. The van der Waals surface area contributed by atoms with Crippen LogP contribution in [0, 0.1) is 0 Å². The molecule has 3 aromatic rings. The summed E-state index contributed by atoms with van der Waals surface area (Å²) in [4.78, 5) is 2.63. The van der Waals surface area contributed by atoms with E-state index < -0.39 is 0 Å². The number of nitrogens with one attached hydrogen (secondary N) is 1. The van der Waals surface area contributed by atoms with Crippen molar-refractivity contribution in [1.29, 1.82) is 0 Å². The topological polar surface area (TPSA) is 33.1 Å². The third-order valence-electron chi connectivity index (χ3n) is 5.91. The second-order valence-electron chi connectivity index (χ2n) is 7.75. The number of hydrogen-bond acceptors (Lipinski definition) is 3. The van der Waals surface area contributed by atoms with Crippen LogP contribution in [-0.2, 0) is 13.0 Å². The van der Waals surface area contributed by atoms with Crippen molar-refractivity contribution in [1.82, 2.24) is 14.7 Å². The molecule has 1 saturated heterocycles. The summed E-state index contributed by atoms with van der Waals surface area (Å²) in [6, 6.07) is 19.7. The summed E-state index contributed by atoms with van der Waals surface area (Å²) >= 11 is 3.54. The molecule has 2 aromatic carbocycles. The molecule has 0 saturated carbocycles. The first-order valence-electron chi connectivity index (χ1n) is 10.2. The van der Waals surface area contributed by atoms with Crippen LogP contribution in [0.25, 0.3) is 5.69 Å². The van der Waals surface area contributed by atoms with Crippen LogP contribution in [0.15, 0.2) is 59.1 Å². The van der Waals surface area contributed by atoms with Gasteiger partial charge in [0.05, 0.1) is 17.4 Å². The van der Waals surface area contributed by atoms with Gasteiger partial charge in [-0.15, -0.1) is 0 Å². The Morgan fingerprint density at radius 1 is 1.04 bits per heavy atom. The number of benzene rings is 2. The second kappa shape index (κ2) is 7.72. The van der Waals surface area contributed by atoms with Gasteiger partial charge in [0.25, 0.3) is 0 Å². The summed E-state index contributed by atoms with van der Waals surface area (Å²) < 4.78 is 3.20. The highest BCUT2D eigenvalue weighted by Gasteiger charge is 2.32. The lowest BCUT2D eigenvalue weighted by Gasteiger charge is -2.35. The molecular formula is C23H25BrN4. The molecule has 0 spiro atoms. The van der Waals surface area contributed by atoms with Crippen LogP contribution in [0.5, 0.6) is 0 Å². The van der Waals surface area contributed by atoms with Crippen molar-refractivity contribution in [3.8, 4) is 5.69 Å². The van der Waals surface area contributed by atoms with Gasteiger partial charge in [-0.05, 0) is 55.6 Å². The summed E-state index contributed by atoms with van der Waals surface area (Å²) in [7, 11) is 0. The number of likely N-dealkylation sites (tertiary alicyclic amines) is 1. The Morgan fingerprint density at radius 2 is 1.86 bits per heavy atom. The molecule has 3 heterocycles. The number of rotatable bonds is 4. The molecule has 5 heteroatoms. The average Bonchev–Trinajstić information content (AvgIpc) is 3.33. The first-order chi connectivity index (χ1) is 13.8. The lowest BCUT2D eigenvalue weighted by molar-refractivity contribution is 0.136. The Morgan fingerprint density at radius 3 is 2.68 bits per heavy atom. The van der Waals surface area contributed by atoms with E-state index in [2.05, 4.69) is 85.4 Å². The highest BCUT2D eigenvalue weighted by Crippen LogP contribution is 2.38. The number of halogens is 1. The van der Waals surface area contributed by atoms with Gasteiger partial charge in [0.2, 0.25) is 0 Å². The van der Waals surface area contributed by atoms with Gasteiger partial charge in [0.1, 0.15) is 5.82 Å². The van der Waals surface area contributed by atoms with Crippen molar-refractivity contribution in [2.75, 3.05) is 18.4 Å². The summed E-state index contributed by atoms with van der Waals surface area (Å²) in [5.41, 5.74) is 5.19. The summed E-state index contributed by atoms with van der Waals surface area (Å²) in [5.74, 6) is 1.18. The first-order valence-corrected chi connectivity index (χ1v) is 11.0. The molecule has 28 heavy (non-hydrogen) atoms. The maximum absolute atomic E-state index is 5.14. The van der Waals surface area contributed by atoms with Gasteiger partial charge >= 0.3 is 0 Å². The van der Waals surface area contributed by atoms with Crippen LogP contribution in [-0.4, -0.2) is 27.8 Å². The third kappa shape index (κ3) is 3.38. The summed E-state index contributed by atoms with van der Waals surface area (Å²) in [6.45, 7) is 3.15. The predicted molar refractivity (Wildman–Crippen MR) is 117 cm³/mol. The maximum atomic E-state index is 5.14. The third-order valence-corrected chi connectivity index (χ3v) is 6.44. The minimum absolute atomic E-state index is 0.402. The highest BCUT2D eigenvalue weighted by molar-refractivity contribution is 9.10. The maximum Gasteiger partial charge on any atom is 0.133 e. The van der Waals surface area contributed by atoms with Crippen molar-refractivity contribution in [2.45, 2.75) is 38.3 Å². The highest BCUT2D eigenvalue weighted by atomic mass is 79.9. The molecule has 4 nitrogen and oxygen atoms in total. The lowest BCUT2D eigenvalue weighted by atomic mass is 9.95. The van der Waals surface area contributed by atoms with Crippen LogP contribution in [0.3, 0.4) is 0 Å². The molecule has 5 rings (SSSR count). The van der Waals surface area contributed by atoms with Gasteiger partial charge in [0, 0.05) is 23.1 Å². The quantitative estimate of drug-likeness (QED) is 0.599. The van der Waals surface area contributed by atoms with E-state index in [1.807, 2.05) is 0 Å². The van der Waals surface area contributed by atoms with Gasteiger partial charge in [-0.3, -0.25) is 4.90 Å². The fraction of sp³-hybridized carbons (Fsp3) is 0.348. The van der Waals surface area contributed by atoms with Crippen LogP contribution in [0.4, 0.5) is 5.82 Å². The minimum atomic E-state index is 0.402. The monoisotopic (exact) mass is 436 g/mol. The molecule has 1 aromatic heterocycles. The fourth-order valence-electron chi connectivity index (χ4n) is 4.55. The lowest BCUT2D eigenvalue weighted by Crippen LogP contribution is -2.33. The first kappa shape index (κ1) is 18.0. The van der Waals surface area contributed by atoms with Crippen molar-refractivity contribution in [3.05, 3.63) is 75.9 Å². The zero-order chi connectivity index (χ0) is 18.9. The molecule has 1 unspecified atom stereocenters. The standard InChI is InChI=1S/C23H25BrN4/c24-18-9-11-19(12-10-18)28-23-20(13-14-25-23)22(26-28)21-8-4-5-15-27(21)16-17-6-2-1-3-7-17/h1-3,6-7,9-12,21,25H,4-5,8,13-16H2. The Labute approximate surface area is 174 Å². The Kier molecular flexibility index (Phi) is 4.95. The SMILES string of the molecule is Brc1ccc(-n2nc(C3CCCCN3Cc3ccccc3)c3c2NCC3)cc1. The summed E-state index contributed by atoms with van der Waals surface area (Å²) in [5, 5.41) is 8.72. The second-order valence-corrected chi connectivity index (χ2v) is 8.66. The van der Waals surface area contributed by atoms with E-state index in [1.54, 1.807) is 0 Å². The molecule has 0 aliphatic carbocycles. The van der Waals surface area contributed by atoms with E-state index in [1.165, 1.54) is 41.9 Å². The Bertz CT molecular complexity index is 949. The molecule has 0 amide bonds. The fourth-order valence-corrected chi connectivity index (χ4v) is 4.81. The van der Waals surface area contributed by atoms with Crippen molar-refractivity contribution < 1.29 is 0 Å². The van der Waals surface area contributed by atoms with Crippen molar-refractivity contribution in [2.24, 2.45) is 0 Å². The van der Waals surface area contributed by atoms with E-state index in [9.17, 15) is 0 Å². The molecule has 1 fully saturated rings. The summed E-state index contributed by atoms with van der Waals surface area (Å²) in [6.07, 6.45) is 4.81. The zero-order valence-corrected chi connectivity index (χ0v) is 17.5. The van der Waals surface area contributed by atoms with Gasteiger partial charge < -0.3 is 5.32 Å². The van der Waals surface area contributed by atoms with Crippen molar-refractivity contribution in [3.63, 3.8) is 0 Å². The Balaban J connectivity index is 1.50. The number of piperidine rings is 1. The van der Waals surface area contributed by atoms with Crippen LogP contribution in [0.1, 0.15) is 42.1 Å². The molecular weight excluding hydrogens is 412 g/mol. The molecule has 0 bridgehead atoms. The molecule has 2 aliphatic rings. The smallest absolute Gasteiger partial charge is 0.133 e. The molecule has 0 radical (unpaired) electrons.